The first-order valence-corrected chi connectivity index (χ1v) is 13.1. The smallest absolute Gasteiger partial charge is 0.0701 e. The number of allylic oxidation sites excluding steroid dienone is 1. The molecule has 2 heterocycles. The highest BCUT2D eigenvalue weighted by molar-refractivity contribution is 5.27. The second-order valence-corrected chi connectivity index (χ2v) is 13.0. The third-order valence-electron chi connectivity index (χ3n) is 11.7. The van der Waals surface area contributed by atoms with Gasteiger partial charge in [-0.3, -0.25) is 4.90 Å². The van der Waals surface area contributed by atoms with Gasteiger partial charge in [0.15, 0.2) is 0 Å². The van der Waals surface area contributed by atoms with E-state index in [1.54, 1.807) is 5.57 Å². The van der Waals surface area contributed by atoms with Crippen LogP contribution in [0, 0.1) is 46.3 Å². The van der Waals surface area contributed by atoms with Crippen LogP contribution < -0.4 is 0 Å². The predicted molar refractivity (Wildman–Crippen MR) is 120 cm³/mol. The van der Waals surface area contributed by atoms with Crippen LogP contribution in [-0.2, 0) is 0 Å². The molecule has 0 spiro atoms. The van der Waals surface area contributed by atoms with Crippen LogP contribution in [-0.4, -0.2) is 45.9 Å². The van der Waals surface area contributed by atoms with E-state index in [0.29, 0.717) is 34.7 Å². The molecule has 6 rings (SSSR count). The van der Waals surface area contributed by atoms with E-state index in [9.17, 15) is 10.2 Å². The summed E-state index contributed by atoms with van der Waals surface area (Å²) in [6.07, 6.45) is 11.8. The summed E-state index contributed by atoms with van der Waals surface area (Å²) in [5.41, 5.74) is 2.37. The number of rotatable bonds is 0. The third-order valence-corrected chi connectivity index (χ3v) is 11.7. The molecule has 0 aromatic rings. The van der Waals surface area contributed by atoms with Crippen LogP contribution >= 0.6 is 0 Å². The lowest BCUT2D eigenvalue weighted by Gasteiger charge is -2.58. The molecule has 1 unspecified atom stereocenters. The zero-order valence-corrected chi connectivity index (χ0v) is 19.6. The lowest BCUT2D eigenvalue weighted by atomic mass is 9.47. The van der Waals surface area contributed by atoms with Gasteiger partial charge >= 0.3 is 0 Å². The van der Waals surface area contributed by atoms with Gasteiger partial charge in [0, 0.05) is 18.6 Å². The minimum Gasteiger partial charge on any atom is -0.393 e. The lowest BCUT2D eigenvalue weighted by Crippen LogP contribution is -2.53. The van der Waals surface area contributed by atoms with Gasteiger partial charge < -0.3 is 10.2 Å². The summed E-state index contributed by atoms with van der Waals surface area (Å²) >= 11 is 0. The maximum Gasteiger partial charge on any atom is 0.0701 e. The highest BCUT2D eigenvalue weighted by Gasteiger charge is 2.67. The molecular weight excluding hydrogens is 370 g/mol. The number of aliphatic hydroxyl groups is 2. The molecule has 3 nitrogen and oxygen atoms in total. The van der Waals surface area contributed by atoms with Crippen LogP contribution in [0.2, 0.25) is 0 Å². The van der Waals surface area contributed by atoms with Crippen LogP contribution in [0.5, 0.6) is 0 Å². The number of hydrogen-bond donors (Lipinski definition) is 2. The van der Waals surface area contributed by atoms with Gasteiger partial charge in [0.2, 0.25) is 0 Å². The monoisotopic (exact) mass is 413 g/mol. The number of aliphatic hydroxyl groups excluding tert-OH is 2. The van der Waals surface area contributed by atoms with Crippen molar-refractivity contribution in [1.82, 2.24) is 4.90 Å². The highest BCUT2D eigenvalue weighted by Crippen LogP contribution is 2.69. The van der Waals surface area contributed by atoms with E-state index in [4.69, 9.17) is 0 Å². The van der Waals surface area contributed by atoms with Crippen LogP contribution in [0.3, 0.4) is 0 Å². The molecule has 0 radical (unpaired) electrons. The first kappa shape index (κ1) is 20.2. The summed E-state index contributed by atoms with van der Waals surface area (Å²) in [5.74, 6) is 4.50. The van der Waals surface area contributed by atoms with Gasteiger partial charge in [-0.2, -0.15) is 0 Å². The van der Waals surface area contributed by atoms with E-state index in [0.717, 1.165) is 42.9 Å². The Morgan fingerprint density at radius 2 is 1.83 bits per heavy atom. The average molecular weight is 414 g/mol. The minimum absolute atomic E-state index is 0.106. The van der Waals surface area contributed by atoms with Crippen molar-refractivity contribution in [3.63, 3.8) is 0 Å². The predicted octanol–water partition coefficient (Wildman–Crippen LogP) is 4.63. The van der Waals surface area contributed by atoms with Gasteiger partial charge in [-0.1, -0.05) is 39.3 Å². The van der Waals surface area contributed by atoms with Gasteiger partial charge in [0.1, 0.15) is 0 Å². The normalized spacial score (nSPS) is 60.1. The van der Waals surface area contributed by atoms with Gasteiger partial charge in [0.05, 0.1) is 12.2 Å². The molecule has 2 saturated heterocycles. The summed E-state index contributed by atoms with van der Waals surface area (Å²) in [6, 6.07) is 1.10. The number of nitrogens with zero attached hydrogens (tertiary/aromatic N) is 1. The first-order valence-electron chi connectivity index (χ1n) is 13.1. The molecule has 3 saturated carbocycles. The molecule has 0 bridgehead atoms. The fourth-order valence-corrected chi connectivity index (χ4v) is 10.5. The summed E-state index contributed by atoms with van der Waals surface area (Å²) in [7, 11) is 0. The van der Waals surface area contributed by atoms with E-state index >= 15 is 0 Å². The maximum atomic E-state index is 11.0. The summed E-state index contributed by atoms with van der Waals surface area (Å²) in [4.78, 5) is 2.79. The SMILES string of the molecule is C[C@H]1CC(O)[C@@H]2[C@@H](C)[C@H]3[C@H](C[C@H]4[C@@H]5CC=C6C[C@@H](O)CC[C@]6(C)[C@H]5CC[C@]34C)N2C1. The molecule has 0 aromatic carbocycles. The summed E-state index contributed by atoms with van der Waals surface area (Å²) < 4.78 is 0. The molecule has 30 heavy (non-hydrogen) atoms. The van der Waals surface area contributed by atoms with E-state index in [-0.39, 0.29) is 12.2 Å². The van der Waals surface area contributed by atoms with Gasteiger partial charge in [-0.25, -0.2) is 0 Å². The maximum absolute atomic E-state index is 11.0. The van der Waals surface area contributed by atoms with Crippen molar-refractivity contribution in [1.29, 1.82) is 0 Å². The standard InChI is InChI=1S/C27H43NO2/c1-15-11-23(30)25-16(2)24-22(28(25)14-15)13-21-19-6-5-17-12-18(29)7-9-26(17,3)20(19)8-10-27(21,24)4/h5,15-16,18-25,29-30H,6-14H2,1-4H3/t15-,16-,18-,19+,20-,21-,22-,23?,24-,25-,26-,27-/m0/s1. The Kier molecular flexibility index (Phi) is 4.44. The Morgan fingerprint density at radius 3 is 2.63 bits per heavy atom. The van der Waals surface area contributed by atoms with Gasteiger partial charge in [-0.15, -0.1) is 0 Å². The van der Waals surface area contributed by atoms with E-state index in [1.165, 1.54) is 38.6 Å². The van der Waals surface area contributed by atoms with Crippen LogP contribution in [0.15, 0.2) is 11.6 Å². The molecule has 5 fully saturated rings. The molecule has 4 aliphatic carbocycles. The second-order valence-electron chi connectivity index (χ2n) is 13.0. The molecule has 6 aliphatic rings. The van der Waals surface area contributed by atoms with Crippen molar-refractivity contribution in [3.05, 3.63) is 11.6 Å². The molecule has 0 aromatic heterocycles. The van der Waals surface area contributed by atoms with Crippen LogP contribution in [0.4, 0.5) is 0 Å². The zero-order valence-electron chi connectivity index (χ0n) is 19.6. The van der Waals surface area contributed by atoms with E-state index in [2.05, 4.69) is 38.7 Å². The molecule has 2 aliphatic heterocycles. The Balaban J connectivity index is 1.33. The molecule has 0 amide bonds. The topological polar surface area (TPSA) is 43.7 Å². The van der Waals surface area contributed by atoms with Crippen molar-refractivity contribution < 1.29 is 10.2 Å². The third kappa shape index (κ3) is 2.49. The Labute approximate surface area is 183 Å². The van der Waals surface area contributed by atoms with Crippen molar-refractivity contribution in [2.45, 2.75) is 103 Å². The summed E-state index contributed by atoms with van der Waals surface area (Å²) in [6.45, 7) is 11.2. The van der Waals surface area contributed by atoms with Gasteiger partial charge in [0.25, 0.3) is 0 Å². The quantitative estimate of drug-likeness (QED) is 0.569. The molecule has 2 N–H and O–H groups in total. The average Bonchev–Trinajstić information content (AvgIpc) is 3.15. The Bertz CT molecular complexity index is 749. The van der Waals surface area contributed by atoms with E-state index in [1.807, 2.05) is 0 Å². The number of fused-ring (bicyclic) bond motifs is 9. The van der Waals surface area contributed by atoms with Crippen LogP contribution in [0.1, 0.15) is 79.1 Å². The highest BCUT2D eigenvalue weighted by atomic mass is 16.3. The second kappa shape index (κ2) is 6.58. The largest absolute Gasteiger partial charge is 0.393 e. The molecule has 12 atom stereocenters. The van der Waals surface area contributed by atoms with E-state index < -0.39 is 0 Å². The molecule has 168 valence electrons. The fourth-order valence-electron chi connectivity index (χ4n) is 10.5. The van der Waals surface area contributed by atoms with Crippen molar-refractivity contribution in [2.24, 2.45) is 46.3 Å². The zero-order chi connectivity index (χ0) is 21.0. The Morgan fingerprint density at radius 1 is 1.03 bits per heavy atom. The van der Waals surface area contributed by atoms with Gasteiger partial charge in [-0.05, 0) is 97.7 Å². The van der Waals surface area contributed by atoms with Crippen molar-refractivity contribution >= 4 is 0 Å². The minimum atomic E-state index is -0.125. The van der Waals surface area contributed by atoms with Crippen LogP contribution in [0.25, 0.3) is 0 Å². The number of hydrogen-bond acceptors (Lipinski definition) is 3. The van der Waals surface area contributed by atoms with Crippen molar-refractivity contribution in [3.8, 4) is 0 Å². The number of piperidine rings is 1. The fraction of sp³-hybridized carbons (Fsp3) is 0.926. The first-order chi connectivity index (χ1) is 14.2. The van der Waals surface area contributed by atoms with Crippen molar-refractivity contribution in [2.75, 3.05) is 6.54 Å². The lowest BCUT2D eigenvalue weighted by molar-refractivity contribution is -0.0650. The Hall–Kier alpha value is -0.380. The molecular formula is C27H43NO2. The molecule has 3 heteroatoms. The summed E-state index contributed by atoms with van der Waals surface area (Å²) in [5, 5.41) is 21.2.